The molecule has 0 bridgehead atoms. The first kappa shape index (κ1) is 12.3. The smallest absolute Gasteiger partial charge is 0.410 e. The molecular weight excluding hydrogens is 190 g/mol. The molecule has 0 aliphatic carbocycles. The van der Waals surface area contributed by atoms with Gasteiger partial charge in [-0.3, -0.25) is 0 Å². The minimum absolute atomic E-state index is 0.102. The number of nitrogens with zero attached hydrogens (tertiary/aromatic N) is 1. The molecule has 1 saturated heterocycles. The van der Waals surface area contributed by atoms with Crippen LogP contribution in [0, 0.1) is 0 Å². The van der Waals surface area contributed by atoms with Crippen LogP contribution in [0.3, 0.4) is 0 Å². The number of hydrogen-bond acceptors (Lipinski definition) is 2. The summed E-state index contributed by atoms with van der Waals surface area (Å²) in [4.78, 5) is 13.7. The van der Waals surface area contributed by atoms with E-state index >= 15 is 0 Å². The van der Waals surface area contributed by atoms with Crippen molar-refractivity contribution in [3.63, 3.8) is 0 Å². The number of carbonyl (C=O) groups excluding carboxylic acids is 1. The molecule has 0 aromatic heterocycles. The van der Waals surface area contributed by atoms with E-state index in [9.17, 15) is 4.79 Å². The molecule has 1 atom stereocenters. The van der Waals surface area contributed by atoms with Gasteiger partial charge in [0.15, 0.2) is 0 Å². The van der Waals surface area contributed by atoms with Crippen molar-refractivity contribution in [1.82, 2.24) is 4.90 Å². The Morgan fingerprint density at radius 3 is 2.87 bits per heavy atom. The van der Waals surface area contributed by atoms with Crippen molar-refractivity contribution in [2.75, 3.05) is 13.2 Å². The minimum Gasteiger partial charge on any atom is -0.449 e. The molecule has 3 nitrogen and oxygen atoms in total. The van der Waals surface area contributed by atoms with Gasteiger partial charge in [-0.05, 0) is 32.1 Å². The average molecular weight is 213 g/mol. The van der Waals surface area contributed by atoms with E-state index in [-0.39, 0.29) is 6.09 Å². The zero-order chi connectivity index (χ0) is 11.1. The first-order chi connectivity index (χ1) is 7.29. The molecule has 0 radical (unpaired) electrons. The normalized spacial score (nSPS) is 21.5. The Bertz CT molecular complexity index is 194. The van der Waals surface area contributed by atoms with E-state index in [0.717, 1.165) is 38.6 Å². The van der Waals surface area contributed by atoms with Crippen LogP contribution < -0.4 is 0 Å². The lowest BCUT2D eigenvalue weighted by Gasteiger charge is -2.34. The topological polar surface area (TPSA) is 29.5 Å². The molecule has 0 unspecified atom stereocenters. The standard InChI is InChI=1S/C12H23NO2/c1-3-5-10-15-12(14)13-9-7-6-8-11(13)4-2/h11H,3-10H2,1-2H3/t11-/m1/s1. The Morgan fingerprint density at radius 1 is 1.40 bits per heavy atom. The average Bonchev–Trinajstić information content (AvgIpc) is 2.29. The van der Waals surface area contributed by atoms with E-state index in [0.29, 0.717) is 12.6 Å². The Hall–Kier alpha value is -0.730. The van der Waals surface area contributed by atoms with E-state index in [4.69, 9.17) is 4.74 Å². The highest BCUT2D eigenvalue weighted by Crippen LogP contribution is 2.20. The zero-order valence-corrected chi connectivity index (χ0v) is 10.00. The number of rotatable bonds is 4. The van der Waals surface area contributed by atoms with Gasteiger partial charge in [0.2, 0.25) is 0 Å². The van der Waals surface area contributed by atoms with Crippen LogP contribution in [0.2, 0.25) is 0 Å². The van der Waals surface area contributed by atoms with Gasteiger partial charge < -0.3 is 9.64 Å². The molecule has 1 fully saturated rings. The van der Waals surface area contributed by atoms with Crippen LogP contribution in [0.4, 0.5) is 4.79 Å². The summed E-state index contributed by atoms with van der Waals surface area (Å²) in [5, 5.41) is 0. The van der Waals surface area contributed by atoms with Crippen LogP contribution in [0.1, 0.15) is 52.4 Å². The lowest BCUT2D eigenvalue weighted by Crippen LogP contribution is -2.43. The monoisotopic (exact) mass is 213 g/mol. The van der Waals surface area contributed by atoms with E-state index in [1.165, 1.54) is 6.42 Å². The second-order valence-electron chi connectivity index (χ2n) is 4.22. The highest BCUT2D eigenvalue weighted by Gasteiger charge is 2.25. The Balaban J connectivity index is 2.34. The molecule has 1 aliphatic heterocycles. The zero-order valence-electron chi connectivity index (χ0n) is 10.00. The summed E-state index contributed by atoms with van der Waals surface area (Å²) in [6.07, 6.45) is 6.50. The molecule has 0 spiro atoms. The quantitative estimate of drug-likeness (QED) is 0.671. The maximum Gasteiger partial charge on any atom is 0.410 e. The largest absolute Gasteiger partial charge is 0.449 e. The predicted octanol–water partition coefficient (Wildman–Crippen LogP) is 3.19. The molecule has 1 aliphatic rings. The number of carbonyl (C=O) groups is 1. The summed E-state index contributed by atoms with van der Waals surface area (Å²) in [5.74, 6) is 0. The maximum atomic E-state index is 11.7. The first-order valence-corrected chi connectivity index (χ1v) is 6.23. The van der Waals surface area contributed by atoms with Crippen molar-refractivity contribution in [3.8, 4) is 0 Å². The van der Waals surface area contributed by atoms with Gasteiger partial charge >= 0.3 is 6.09 Å². The van der Waals surface area contributed by atoms with Gasteiger partial charge in [-0.2, -0.15) is 0 Å². The maximum absolute atomic E-state index is 11.7. The van der Waals surface area contributed by atoms with Gasteiger partial charge in [0.1, 0.15) is 0 Å². The highest BCUT2D eigenvalue weighted by molar-refractivity contribution is 5.68. The van der Waals surface area contributed by atoms with Crippen LogP contribution in [0.5, 0.6) is 0 Å². The van der Waals surface area contributed by atoms with Gasteiger partial charge in [-0.15, -0.1) is 0 Å². The predicted molar refractivity (Wildman–Crippen MR) is 60.9 cm³/mol. The second kappa shape index (κ2) is 6.70. The summed E-state index contributed by atoms with van der Waals surface area (Å²) >= 11 is 0. The Morgan fingerprint density at radius 2 is 2.20 bits per heavy atom. The first-order valence-electron chi connectivity index (χ1n) is 6.23. The van der Waals surface area contributed by atoms with Crippen molar-refractivity contribution in [3.05, 3.63) is 0 Å². The van der Waals surface area contributed by atoms with Crippen LogP contribution in [0.15, 0.2) is 0 Å². The molecule has 1 rings (SSSR count). The summed E-state index contributed by atoms with van der Waals surface area (Å²) < 4.78 is 5.24. The van der Waals surface area contributed by atoms with Crippen LogP contribution in [-0.4, -0.2) is 30.2 Å². The van der Waals surface area contributed by atoms with Crippen molar-refractivity contribution >= 4 is 6.09 Å². The summed E-state index contributed by atoms with van der Waals surface area (Å²) in [6, 6.07) is 0.410. The van der Waals surface area contributed by atoms with Gasteiger partial charge in [-0.1, -0.05) is 20.3 Å². The minimum atomic E-state index is -0.102. The molecule has 0 aromatic carbocycles. The second-order valence-corrected chi connectivity index (χ2v) is 4.22. The third-order valence-corrected chi connectivity index (χ3v) is 3.06. The molecular formula is C12H23NO2. The fourth-order valence-corrected chi connectivity index (χ4v) is 2.05. The lowest BCUT2D eigenvalue weighted by molar-refractivity contribution is 0.0713. The molecule has 1 heterocycles. The Kier molecular flexibility index (Phi) is 5.51. The van der Waals surface area contributed by atoms with Gasteiger partial charge in [0, 0.05) is 12.6 Å². The summed E-state index contributed by atoms with van der Waals surface area (Å²) in [7, 11) is 0. The molecule has 3 heteroatoms. The third-order valence-electron chi connectivity index (χ3n) is 3.06. The summed E-state index contributed by atoms with van der Waals surface area (Å²) in [5.41, 5.74) is 0. The van der Waals surface area contributed by atoms with Gasteiger partial charge in [0.25, 0.3) is 0 Å². The van der Waals surface area contributed by atoms with E-state index < -0.39 is 0 Å². The number of ether oxygens (including phenoxy) is 1. The molecule has 1 amide bonds. The molecule has 15 heavy (non-hydrogen) atoms. The molecule has 0 N–H and O–H groups in total. The van der Waals surface area contributed by atoms with E-state index in [1.807, 2.05) is 4.90 Å². The number of amides is 1. The van der Waals surface area contributed by atoms with E-state index in [1.54, 1.807) is 0 Å². The molecule has 0 aromatic rings. The fourth-order valence-electron chi connectivity index (χ4n) is 2.05. The van der Waals surface area contributed by atoms with Crippen molar-refractivity contribution in [2.24, 2.45) is 0 Å². The fraction of sp³-hybridized carbons (Fsp3) is 0.917. The number of hydrogen-bond donors (Lipinski definition) is 0. The van der Waals surface area contributed by atoms with Gasteiger partial charge in [0.05, 0.1) is 6.61 Å². The van der Waals surface area contributed by atoms with Crippen molar-refractivity contribution < 1.29 is 9.53 Å². The lowest BCUT2D eigenvalue weighted by atomic mass is 10.0. The number of likely N-dealkylation sites (tertiary alicyclic amines) is 1. The van der Waals surface area contributed by atoms with Crippen LogP contribution in [-0.2, 0) is 4.74 Å². The SMILES string of the molecule is CCCCOC(=O)N1CCCC[C@H]1CC. The molecule has 0 saturated carbocycles. The summed E-state index contributed by atoms with van der Waals surface area (Å²) in [6.45, 7) is 5.69. The molecule has 88 valence electrons. The number of piperidine rings is 1. The van der Waals surface area contributed by atoms with Gasteiger partial charge in [-0.25, -0.2) is 4.79 Å². The number of unbranched alkanes of at least 4 members (excludes halogenated alkanes) is 1. The van der Waals surface area contributed by atoms with Crippen LogP contribution >= 0.6 is 0 Å². The van der Waals surface area contributed by atoms with Crippen LogP contribution in [0.25, 0.3) is 0 Å². The van der Waals surface area contributed by atoms with Crippen molar-refractivity contribution in [1.29, 1.82) is 0 Å². The third kappa shape index (κ3) is 3.73. The highest BCUT2D eigenvalue weighted by atomic mass is 16.6. The van der Waals surface area contributed by atoms with E-state index in [2.05, 4.69) is 13.8 Å². The van der Waals surface area contributed by atoms with Crippen molar-refractivity contribution in [2.45, 2.75) is 58.4 Å². The Labute approximate surface area is 92.8 Å².